The van der Waals surface area contributed by atoms with Gasteiger partial charge in [-0.15, -0.1) is 0 Å². The van der Waals surface area contributed by atoms with Crippen molar-refractivity contribution in [1.29, 1.82) is 0 Å². The lowest BCUT2D eigenvalue weighted by Crippen LogP contribution is -2.40. The molecule has 14 heteroatoms. The van der Waals surface area contributed by atoms with Crippen LogP contribution in [-0.2, 0) is 25.7 Å². The molecule has 1 aliphatic rings. The van der Waals surface area contributed by atoms with Crippen molar-refractivity contribution in [3.63, 3.8) is 0 Å². The third-order valence-electron chi connectivity index (χ3n) is 7.63. The van der Waals surface area contributed by atoms with Crippen LogP contribution in [0.4, 0.5) is 4.39 Å². The highest BCUT2D eigenvalue weighted by Gasteiger charge is 2.34. The Morgan fingerprint density at radius 3 is 2.41 bits per heavy atom. The molecule has 0 amide bonds. The molecule has 51 heavy (non-hydrogen) atoms. The van der Waals surface area contributed by atoms with Gasteiger partial charge in [0.1, 0.15) is 12.4 Å². The number of carbonyl (C=O) groups excluding carboxylic acids is 2. The molecule has 0 saturated carbocycles. The molecule has 0 unspecified atom stereocenters. The highest BCUT2D eigenvalue weighted by atomic mass is 35.5. The van der Waals surface area contributed by atoms with Gasteiger partial charge in [0.25, 0.3) is 5.56 Å². The number of benzene rings is 3. The molecule has 1 aliphatic heterocycles. The van der Waals surface area contributed by atoms with Crippen LogP contribution in [0.25, 0.3) is 6.08 Å². The van der Waals surface area contributed by atoms with Gasteiger partial charge in [-0.3, -0.25) is 9.36 Å². The molecular weight excluding hydrogens is 703 g/mol. The smallest absolute Gasteiger partial charge is 0.343 e. The second kappa shape index (κ2) is 16.7. The number of methoxy groups -OCH3 is 1. The van der Waals surface area contributed by atoms with E-state index in [1.807, 2.05) is 0 Å². The number of hydrogen-bond acceptors (Lipinski definition) is 11. The summed E-state index contributed by atoms with van der Waals surface area (Å²) in [5.74, 6) is -0.474. The van der Waals surface area contributed by atoms with Crippen LogP contribution in [0.1, 0.15) is 50.4 Å². The number of nitrogens with zero attached hydrogens (tertiary/aromatic N) is 2. The summed E-state index contributed by atoms with van der Waals surface area (Å²) in [6, 6.07) is 13.6. The predicted octanol–water partition coefficient (Wildman–Crippen LogP) is 5.52. The third kappa shape index (κ3) is 8.26. The zero-order valence-corrected chi connectivity index (χ0v) is 30.2. The minimum Gasteiger partial charge on any atom is -0.490 e. The Labute approximate surface area is 302 Å². The van der Waals surface area contributed by atoms with E-state index in [1.54, 1.807) is 82.3 Å². The zero-order valence-electron chi connectivity index (χ0n) is 28.6. The summed E-state index contributed by atoms with van der Waals surface area (Å²) in [4.78, 5) is 44.4. The van der Waals surface area contributed by atoms with Crippen LogP contribution < -0.4 is 33.8 Å². The van der Waals surface area contributed by atoms with E-state index in [1.165, 1.54) is 17.7 Å². The molecule has 0 saturated heterocycles. The molecule has 3 aromatic carbocycles. The van der Waals surface area contributed by atoms with Crippen LogP contribution in [0.3, 0.4) is 0 Å². The van der Waals surface area contributed by atoms with Crippen molar-refractivity contribution < 1.29 is 42.4 Å². The lowest BCUT2D eigenvalue weighted by Gasteiger charge is -2.25. The molecule has 2 heterocycles. The second-order valence-corrected chi connectivity index (χ2v) is 12.4. The van der Waals surface area contributed by atoms with Crippen molar-refractivity contribution in [3.8, 4) is 23.0 Å². The Balaban J connectivity index is 1.60. The Bertz CT molecular complexity index is 2160. The fourth-order valence-electron chi connectivity index (χ4n) is 5.38. The maximum Gasteiger partial charge on any atom is 0.343 e. The summed E-state index contributed by atoms with van der Waals surface area (Å²) in [6.07, 6.45) is 1.65. The highest BCUT2D eigenvalue weighted by molar-refractivity contribution is 7.07. The fraction of sp³-hybridized carbons (Fsp3) is 0.297. The van der Waals surface area contributed by atoms with E-state index in [0.717, 1.165) is 11.3 Å². The molecule has 11 nitrogen and oxygen atoms in total. The molecule has 1 aromatic heterocycles. The first-order valence-corrected chi connectivity index (χ1v) is 17.3. The van der Waals surface area contributed by atoms with Crippen molar-refractivity contribution >= 4 is 41.0 Å². The van der Waals surface area contributed by atoms with Gasteiger partial charge >= 0.3 is 11.9 Å². The number of esters is 2. The quantitative estimate of drug-likeness (QED) is 0.154. The van der Waals surface area contributed by atoms with E-state index in [4.69, 9.17) is 35.3 Å². The topological polar surface area (TPSA) is 124 Å². The van der Waals surface area contributed by atoms with E-state index in [2.05, 4.69) is 9.73 Å². The van der Waals surface area contributed by atoms with Crippen molar-refractivity contribution in [2.24, 2.45) is 4.99 Å². The lowest BCUT2D eigenvalue weighted by atomic mass is 9.95. The molecule has 0 bridgehead atoms. The summed E-state index contributed by atoms with van der Waals surface area (Å²) in [5.41, 5.74) is 1.55. The van der Waals surface area contributed by atoms with Gasteiger partial charge in [0.15, 0.2) is 34.4 Å². The van der Waals surface area contributed by atoms with Gasteiger partial charge in [-0.1, -0.05) is 47.2 Å². The number of rotatable bonds is 14. The van der Waals surface area contributed by atoms with Gasteiger partial charge < -0.3 is 28.4 Å². The van der Waals surface area contributed by atoms with Crippen LogP contribution >= 0.6 is 22.9 Å². The minimum atomic E-state index is -0.937. The maximum absolute atomic E-state index is 14.3. The van der Waals surface area contributed by atoms with Gasteiger partial charge in [0.05, 0.1) is 53.8 Å². The first-order valence-electron chi connectivity index (χ1n) is 16.1. The maximum atomic E-state index is 14.3. The van der Waals surface area contributed by atoms with E-state index in [-0.39, 0.29) is 48.5 Å². The monoisotopic (exact) mass is 738 g/mol. The number of carbonyl (C=O) groups is 2. The molecular formula is C37H36ClFN2O9S. The van der Waals surface area contributed by atoms with E-state index < -0.39 is 29.4 Å². The molecule has 5 rings (SSSR count). The normalized spacial score (nSPS) is 14.0. The Morgan fingerprint density at radius 1 is 0.961 bits per heavy atom. The van der Waals surface area contributed by atoms with Gasteiger partial charge in [-0.05, 0) is 75.2 Å². The van der Waals surface area contributed by atoms with Crippen LogP contribution in [0.5, 0.6) is 23.0 Å². The summed E-state index contributed by atoms with van der Waals surface area (Å²) >= 11 is 7.80. The van der Waals surface area contributed by atoms with Crippen LogP contribution in [0, 0.1) is 5.82 Å². The summed E-state index contributed by atoms with van der Waals surface area (Å²) in [5, 5.41) is 0.201. The largest absolute Gasteiger partial charge is 0.490 e. The number of thiazole rings is 1. The van der Waals surface area contributed by atoms with Gasteiger partial charge in [-0.2, -0.15) is 0 Å². The van der Waals surface area contributed by atoms with Gasteiger partial charge in [0, 0.05) is 5.56 Å². The first kappa shape index (κ1) is 37.1. The SMILES string of the molecule is CCOC(=O)C1=C(C)N=c2s/c(=C\c3cc(Cl)c(OCc4ccccc4F)c(OCC)c3)c(=O)n2[C@@H]1c1ccc(OCC(=O)OC)c(OCC)c1. The average Bonchev–Trinajstić information content (AvgIpc) is 3.40. The Morgan fingerprint density at radius 2 is 1.71 bits per heavy atom. The molecule has 0 radical (unpaired) electrons. The Kier molecular flexibility index (Phi) is 12.2. The second-order valence-electron chi connectivity index (χ2n) is 10.9. The Hall–Kier alpha value is -5.14. The molecule has 1 atom stereocenters. The molecule has 0 fully saturated rings. The van der Waals surface area contributed by atoms with Crippen molar-refractivity contribution in [3.05, 3.63) is 113 Å². The third-order valence-corrected chi connectivity index (χ3v) is 8.90. The first-order chi connectivity index (χ1) is 24.6. The van der Waals surface area contributed by atoms with Gasteiger partial charge in [0.2, 0.25) is 0 Å². The summed E-state index contributed by atoms with van der Waals surface area (Å²) < 4.78 is 49.3. The summed E-state index contributed by atoms with van der Waals surface area (Å²) in [7, 11) is 1.26. The number of halogens is 2. The zero-order chi connectivity index (χ0) is 36.7. The molecule has 4 aromatic rings. The van der Waals surface area contributed by atoms with E-state index >= 15 is 0 Å². The standard InChI is InChI=1S/C37H36ClFN2O9S/c1-6-46-28-18-23(13-14-27(28)49-20-31(42)45-5)33-32(36(44)48-8-3)21(4)40-37-41(33)35(43)30(51-37)17-22-15-25(38)34(29(16-22)47-7-2)50-19-24-11-9-10-12-26(24)39/h9-18,33H,6-8,19-20H2,1-5H3/b30-17-/t33-/m1/s1. The number of allylic oxidation sites excluding steroid dienone is 1. The number of ether oxygens (including phenoxy) is 6. The molecule has 0 aliphatic carbocycles. The predicted molar refractivity (Wildman–Crippen MR) is 189 cm³/mol. The van der Waals surface area contributed by atoms with Crippen molar-refractivity contribution in [2.75, 3.05) is 33.5 Å². The number of fused-ring (bicyclic) bond motifs is 1. The average molecular weight is 739 g/mol. The van der Waals surface area contributed by atoms with Crippen LogP contribution in [0.15, 0.2) is 75.7 Å². The van der Waals surface area contributed by atoms with Crippen LogP contribution in [0.2, 0.25) is 5.02 Å². The molecule has 0 spiro atoms. The molecule has 0 N–H and O–H groups in total. The van der Waals surface area contributed by atoms with Crippen molar-refractivity contribution in [2.45, 2.75) is 40.3 Å². The highest BCUT2D eigenvalue weighted by Crippen LogP contribution is 2.38. The van der Waals surface area contributed by atoms with Gasteiger partial charge in [-0.25, -0.2) is 19.0 Å². The van der Waals surface area contributed by atoms with E-state index in [9.17, 15) is 18.8 Å². The number of hydrogen-bond donors (Lipinski definition) is 0. The van der Waals surface area contributed by atoms with E-state index in [0.29, 0.717) is 49.8 Å². The lowest BCUT2D eigenvalue weighted by molar-refractivity contribution is -0.143. The fourth-order valence-corrected chi connectivity index (χ4v) is 6.70. The minimum absolute atomic E-state index is 0.0735. The summed E-state index contributed by atoms with van der Waals surface area (Å²) in [6.45, 7) is 7.24. The van der Waals surface area contributed by atoms with Crippen molar-refractivity contribution in [1.82, 2.24) is 4.57 Å². The molecule has 268 valence electrons. The van der Waals surface area contributed by atoms with Crippen LogP contribution in [-0.4, -0.2) is 50.0 Å². The number of aromatic nitrogens is 1.